The molecule has 3 N–H and O–H groups in total. The van der Waals surface area contributed by atoms with E-state index >= 15 is 0 Å². The van der Waals surface area contributed by atoms with Gasteiger partial charge in [0.1, 0.15) is 11.6 Å². The number of halogens is 2. The summed E-state index contributed by atoms with van der Waals surface area (Å²) < 4.78 is 13.7. The Hall–Kier alpha value is -1.69. The quantitative estimate of drug-likeness (QED) is 0.893. The van der Waals surface area contributed by atoms with Gasteiger partial charge in [-0.3, -0.25) is 0 Å². The van der Waals surface area contributed by atoms with Crippen LogP contribution in [0.4, 0.5) is 21.8 Å². The monoisotopic (exact) mass is 310 g/mol. The Bertz CT molecular complexity index is 601. The second-order valence-electron chi connectivity index (χ2n) is 3.97. The first kappa shape index (κ1) is 12.8. The summed E-state index contributed by atoms with van der Waals surface area (Å²) in [6, 6.07) is 3.12. The van der Waals surface area contributed by atoms with Gasteiger partial charge in [0.25, 0.3) is 0 Å². The molecule has 0 bridgehead atoms. The number of hydrogen-bond acceptors (Lipinski definition) is 4. The third kappa shape index (κ3) is 2.59. The van der Waals surface area contributed by atoms with Gasteiger partial charge in [0.2, 0.25) is 5.95 Å². The normalized spacial score (nSPS) is 10.4. The van der Waals surface area contributed by atoms with Gasteiger partial charge in [-0.2, -0.15) is 4.98 Å². The molecule has 2 rings (SSSR count). The molecule has 4 nitrogen and oxygen atoms in total. The lowest BCUT2D eigenvalue weighted by Crippen LogP contribution is -2.03. The van der Waals surface area contributed by atoms with Gasteiger partial charge in [-0.15, -0.1) is 0 Å². The first-order valence-corrected chi connectivity index (χ1v) is 6.08. The van der Waals surface area contributed by atoms with E-state index < -0.39 is 0 Å². The van der Waals surface area contributed by atoms with Crippen molar-refractivity contribution in [2.45, 2.75) is 13.8 Å². The zero-order chi connectivity index (χ0) is 13.3. The first-order chi connectivity index (χ1) is 8.47. The fourth-order valence-corrected chi connectivity index (χ4v) is 1.83. The number of anilines is 3. The van der Waals surface area contributed by atoms with Gasteiger partial charge in [0.15, 0.2) is 0 Å². The molecular weight excluding hydrogens is 299 g/mol. The minimum Gasteiger partial charge on any atom is -0.368 e. The Morgan fingerprint density at radius 2 is 2.00 bits per heavy atom. The van der Waals surface area contributed by atoms with Crippen molar-refractivity contribution in [3.8, 4) is 0 Å². The van der Waals surface area contributed by atoms with Gasteiger partial charge in [-0.05, 0) is 47.5 Å². The number of nitrogen functional groups attached to an aromatic ring is 1. The number of aromatic nitrogens is 2. The molecule has 18 heavy (non-hydrogen) atoms. The summed E-state index contributed by atoms with van der Waals surface area (Å²) >= 11 is 3.15. The highest BCUT2D eigenvalue weighted by molar-refractivity contribution is 9.10. The highest BCUT2D eigenvalue weighted by Gasteiger charge is 2.08. The summed E-state index contributed by atoms with van der Waals surface area (Å²) in [5.41, 5.74) is 7.96. The molecule has 1 aromatic carbocycles. The molecule has 0 spiro atoms. The second kappa shape index (κ2) is 4.89. The first-order valence-electron chi connectivity index (χ1n) is 5.29. The molecule has 0 aliphatic rings. The minimum absolute atomic E-state index is 0.196. The third-order valence-electron chi connectivity index (χ3n) is 2.51. The van der Waals surface area contributed by atoms with Gasteiger partial charge >= 0.3 is 0 Å². The summed E-state index contributed by atoms with van der Waals surface area (Å²) in [5.74, 6) is 0.517. The van der Waals surface area contributed by atoms with Gasteiger partial charge in [-0.1, -0.05) is 0 Å². The lowest BCUT2D eigenvalue weighted by molar-refractivity contribution is 0.620. The second-order valence-corrected chi connectivity index (χ2v) is 4.82. The third-order valence-corrected chi connectivity index (χ3v) is 3.12. The highest BCUT2D eigenvalue weighted by atomic mass is 79.9. The maximum Gasteiger partial charge on any atom is 0.221 e. The van der Waals surface area contributed by atoms with Crippen LogP contribution in [0.1, 0.15) is 11.1 Å². The van der Waals surface area contributed by atoms with Crippen molar-refractivity contribution in [1.82, 2.24) is 9.97 Å². The number of hydrogen-bond donors (Lipinski definition) is 2. The lowest BCUT2D eigenvalue weighted by atomic mass is 10.2. The largest absolute Gasteiger partial charge is 0.368 e. The van der Waals surface area contributed by atoms with Crippen molar-refractivity contribution < 1.29 is 4.39 Å². The molecule has 0 aliphatic heterocycles. The van der Waals surface area contributed by atoms with Crippen molar-refractivity contribution in [3.63, 3.8) is 0 Å². The Balaban J connectivity index is 2.40. The average molecular weight is 311 g/mol. The molecule has 1 heterocycles. The average Bonchev–Trinajstić information content (AvgIpc) is 2.30. The summed E-state index contributed by atoms with van der Waals surface area (Å²) in [4.78, 5) is 8.00. The van der Waals surface area contributed by atoms with Crippen LogP contribution in [-0.2, 0) is 0 Å². The topological polar surface area (TPSA) is 63.8 Å². The maximum atomic E-state index is 13.3. The Labute approximate surface area is 113 Å². The molecule has 0 atom stereocenters. The minimum atomic E-state index is -0.294. The summed E-state index contributed by atoms with van der Waals surface area (Å²) in [6.07, 6.45) is 1.64. The molecule has 0 saturated carbocycles. The van der Waals surface area contributed by atoms with Crippen molar-refractivity contribution in [2.24, 2.45) is 0 Å². The molecular formula is C12H12BrFN4. The summed E-state index contributed by atoms with van der Waals surface area (Å²) in [7, 11) is 0. The van der Waals surface area contributed by atoms with E-state index in [2.05, 4.69) is 31.2 Å². The van der Waals surface area contributed by atoms with Gasteiger partial charge < -0.3 is 11.1 Å². The van der Waals surface area contributed by atoms with Crippen molar-refractivity contribution in [3.05, 3.63) is 39.7 Å². The smallest absolute Gasteiger partial charge is 0.221 e. The summed E-state index contributed by atoms with van der Waals surface area (Å²) in [5, 5.41) is 3.12. The molecule has 94 valence electrons. The van der Waals surface area contributed by atoms with E-state index in [0.717, 1.165) is 16.8 Å². The molecule has 0 aliphatic carbocycles. The molecule has 2 aromatic rings. The van der Waals surface area contributed by atoms with Crippen LogP contribution in [-0.4, -0.2) is 9.97 Å². The number of benzene rings is 1. The van der Waals surface area contributed by atoms with Crippen LogP contribution in [0, 0.1) is 19.7 Å². The predicted octanol–water partition coefficient (Wildman–Crippen LogP) is 3.32. The Morgan fingerprint density at radius 1 is 1.28 bits per heavy atom. The fraction of sp³-hybridized carbons (Fsp3) is 0.167. The van der Waals surface area contributed by atoms with E-state index in [4.69, 9.17) is 5.73 Å². The van der Waals surface area contributed by atoms with Gasteiger partial charge in [0.05, 0.1) is 4.47 Å². The number of nitrogens with zero attached hydrogens (tertiary/aromatic N) is 2. The summed E-state index contributed by atoms with van der Waals surface area (Å²) in [6.45, 7) is 3.69. The van der Waals surface area contributed by atoms with Crippen molar-refractivity contribution in [2.75, 3.05) is 11.1 Å². The van der Waals surface area contributed by atoms with Crippen LogP contribution < -0.4 is 11.1 Å². The molecule has 0 fully saturated rings. The molecule has 0 radical (unpaired) electrons. The van der Waals surface area contributed by atoms with Crippen LogP contribution in [0.15, 0.2) is 22.8 Å². The van der Waals surface area contributed by atoms with Crippen molar-refractivity contribution in [1.29, 1.82) is 0 Å². The number of aryl methyl sites for hydroxylation is 2. The van der Waals surface area contributed by atoms with Gasteiger partial charge in [0, 0.05) is 17.4 Å². The van der Waals surface area contributed by atoms with Gasteiger partial charge in [-0.25, -0.2) is 9.37 Å². The highest BCUT2D eigenvalue weighted by Crippen LogP contribution is 2.27. The van der Waals surface area contributed by atoms with E-state index in [1.165, 1.54) is 6.07 Å². The van der Waals surface area contributed by atoms with Crippen LogP contribution >= 0.6 is 15.9 Å². The Morgan fingerprint density at radius 3 is 2.72 bits per heavy atom. The standard InChI is InChI=1S/C12H12BrFN4/c1-6-3-9(14)8(13)4-10(6)17-11-7(2)5-16-12(15)18-11/h3-5H,1-2H3,(H3,15,16,17,18). The van der Waals surface area contributed by atoms with Crippen LogP contribution in [0.3, 0.4) is 0 Å². The number of rotatable bonds is 2. The van der Waals surface area contributed by atoms with E-state index in [0.29, 0.717) is 10.3 Å². The van der Waals surface area contributed by atoms with E-state index in [1.807, 2.05) is 13.8 Å². The van der Waals surface area contributed by atoms with Crippen LogP contribution in [0.25, 0.3) is 0 Å². The zero-order valence-electron chi connectivity index (χ0n) is 9.96. The molecule has 6 heteroatoms. The fourth-order valence-electron chi connectivity index (χ4n) is 1.49. The molecule has 0 saturated heterocycles. The predicted molar refractivity (Wildman–Crippen MR) is 73.3 cm³/mol. The zero-order valence-corrected chi connectivity index (χ0v) is 11.5. The van der Waals surface area contributed by atoms with Crippen LogP contribution in [0.2, 0.25) is 0 Å². The van der Waals surface area contributed by atoms with Crippen LogP contribution in [0.5, 0.6) is 0 Å². The Kier molecular flexibility index (Phi) is 3.47. The van der Waals surface area contributed by atoms with E-state index in [1.54, 1.807) is 12.3 Å². The SMILES string of the molecule is Cc1cc(F)c(Br)cc1Nc1nc(N)ncc1C. The molecule has 0 amide bonds. The van der Waals surface area contributed by atoms with Crippen molar-refractivity contribution >= 4 is 33.4 Å². The van der Waals surface area contributed by atoms with E-state index in [9.17, 15) is 4.39 Å². The number of nitrogens with two attached hydrogens (primary N) is 1. The lowest BCUT2D eigenvalue weighted by Gasteiger charge is -2.12. The molecule has 1 aromatic heterocycles. The molecule has 0 unspecified atom stereocenters. The number of nitrogens with one attached hydrogen (secondary N) is 1. The maximum absolute atomic E-state index is 13.3. The van der Waals surface area contributed by atoms with E-state index in [-0.39, 0.29) is 11.8 Å².